The Morgan fingerprint density at radius 1 is 0.935 bits per heavy atom. The molecule has 8 heteroatoms. The van der Waals surface area contributed by atoms with Gasteiger partial charge in [0.2, 0.25) is 0 Å². The minimum absolute atomic E-state index is 0.236. The number of carbonyl (C=O) groups excluding carboxylic acids is 1. The van der Waals surface area contributed by atoms with Crippen LogP contribution in [0.25, 0.3) is 0 Å². The van der Waals surface area contributed by atoms with Gasteiger partial charge in [0, 0.05) is 12.6 Å². The second kappa shape index (κ2) is 8.55. The maximum Gasteiger partial charge on any atom is 0.346 e. The normalized spacial score (nSPS) is 25.5. The first-order chi connectivity index (χ1) is 15.2. The number of hydrogen-bond donors (Lipinski definition) is 1. The van der Waals surface area contributed by atoms with Crippen molar-refractivity contribution in [2.45, 2.75) is 50.9 Å². The van der Waals surface area contributed by atoms with Crippen molar-refractivity contribution in [3.63, 3.8) is 0 Å². The van der Waals surface area contributed by atoms with Gasteiger partial charge >= 0.3 is 6.03 Å². The Bertz CT molecular complexity index is 951. The molecule has 0 spiro atoms. The molecule has 0 aromatic heterocycles. The Morgan fingerprint density at radius 2 is 1.68 bits per heavy atom. The van der Waals surface area contributed by atoms with Crippen LogP contribution in [-0.4, -0.2) is 40.0 Å². The molecule has 162 valence electrons. The summed E-state index contributed by atoms with van der Waals surface area (Å²) in [6, 6.07) is 16.6. The second-order valence-electron chi connectivity index (χ2n) is 8.33. The predicted octanol–water partition coefficient (Wildman–Crippen LogP) is 4.93. The molecule has 3 atom stereocenters. The number of aliphatic hydroxyl groups excluding tert-OH is 1. The number of urea groups is 1. The third-order valence-electron chi connectivity index (χ3n) is 6.44. The Morgan fingerprint density at radius 3 is 2.55 bits per heavy atom. The Hall–Kier alpha value is -3.13. The summed E-state index contributed by atoms with van der Waals surface area (Å²) in [6.45, 7) is 0.701. The first kappa shape index (κ1) is 19.8. The van der Waals surface area contributed by atoms with Crippen molar-refractivity contribution in [1.29, 1.82) is 0 Å². The third-order valence-corrected chi connectivity index (χ3v) is 6.44. The van der Waals surface area contributed by atoms with E-state index in [1.54, 1.807) is 12.1 Å². The lowest BCUT2D eigenvalue weighted by Gasteiger charge is -2.44. The summed E-state index contributed by atoms with van der Waals surface area (Å²) >= 11 is 0. The van der Waals surface area contributed by atoms with Crippen LogP contribution in [0.1, 0.15) is 38.5 Å². The summed E-state index contributed by atoms with van der Waals surface area (Å²) in [5.41, 5.74) is 0.534. The van der Waals surface area contributed by atoms with Crippen LogP contribution in [0.3, 0.4) is 0 Å². The van der Waals surface area contributed by atoms with Crippen LogP contribution in [0.5, 0.6) is 11.5 Å². The molecule has 5 rings (SSSR count). The number of para-hydroxylation sites is 3. The first-order valence-corrected chi connectivity index (χ1v) is 11.0. The molecular weight excluding hydrogens is 394 g/mol. The van der Waals surface area contributed by atoms with Gasteiger partial charge in [0.1, 0.15) is 11.4 Å². The van der Waals surface area contributed by atoms with E-state index in [2.05, 4.69) is 10.4 Å². The van der Waals surface area contributed by atoms with E-state index in [4.69, 9.17) is 4.74 Å². The molecule has 1 N–H and O–H groups in total. The minimum Gasteiger partial charge on any atom is -0.455 e. The molecule has 1 saturated carbocycles. The lowest BCUT2D eigenvalue weighted by atomic mass is 9.78. The Labute approximate surface area is 181 Å². The summed E-state index contributed by atoms with van der Waals surface area (Å²) in [6.07, 6.45) is 5.42. The van der Waals surface area contributed by atoms with Gasteiger partial charge in [-0.05, 0) is 66.3 Å². The molecule has 0 bridgehead atoms. The maximum absolute atomic E-state index is 13.3. The SMILES string of the molecule is O=C(N1CCCC2CCCCC21)N1N=NN(c2ccccc2Oc2ccccc2)C1O. The highest BCUT2D eigenvalue weighted by molar-refractivity contribution is 5.76. The number of benzene rings is 2. The van der Waals surface area contributed by atoms with Crippen LogP contribution in [0, 0.1) is 5.92 Å². The molecule has 31 heavy (non-hydrogen) atoms. The van der Waals surface area contributed by atoms with Crippen LogP contribution in [-0.2, 0) is 0 Å². The number of hydrogen-bond acceptors (Lipinski definition) is 6. The molecule has 2 fully saturated rings. The third kappa shape index (κ3) is 3.83. The highest BCUT2D eigenvalue weighted by Gasteiger charge is 2.42. The van der Waals surface area contributed by atoms with E-state index < -0.39 is 6.35 Å². The number of likely N-dealkylation sites (tertiary alicyclic amines) is 1. The second-order valence-corrected chi connectivity index (χ2v) is 8.33. The Balaban J connectivity index is 1.34. The van der Waals surface area contributed by atoms with Crippen LogP contribution < -0.4 is 9.75 Å². The standard InChI is InChI=1S/C23H27N5O3/c29-22(26-16-8-10-17-9-4-5-13-19(17)26)28-23(30)27(24-25-28)20-14-6-7-15-21(20)31-18-11-2-1-3-12-18/h1-3,6-7,11-12,14-15,17,19,23,30H,4-5,8-10,13,16H2. The molecule has 3 aliphatic rings. The highest BCUT2D eigenvalue weighted by atomic mass is 16.5. The van der Waals surface area contributed by atoms with E-state index >= 15 is 0 Å². The largest absolute Gasteiger partial charge is 0.455 e. The van der Waals surface area contributed by atoms with Crippen molar-refractivity contribution in [3.05, 3.63) is 54.6 Å². The van der Waals surface area contributed by atoms with Gasteiger partial charge in [0.15, 0.2) is 5.75 Å². The van der Waals surface area contributed by atoms with E-state index in [9.17, 15) is 9.90 Å². The van der Waals surface area contributed by atoms with Gasteiger partial charge < -0.3 is 14.7 Å². The van der Waals surface area contributed by atoms with E-state index in [-0.39, 0.29) is 12.1 Å². The molecule has 2 aromatic carbocycles. The van der Waals surface area contributed by atoms with Gasteiger partial charge in [-0.2, -0.15) is 5.01 Å². The first-order valence-electron chi connectivity index (χ1n) is 11.0. The van der Waals surface area contributed by atoms with Gasteiger partial charge in [-0.1, -0.05) is 43.2 Å². The van der Waals surface area contributed by atoms with Gasteiger partial charge in [0.25, 0.3) is 6.35 Å². The number of anilines is 1. The summed E-state index contributed by atoms with van der Waals surface area (Å²) in [5.74, 6) is 1.75. The fourth-order valence-corrected chi connectivity index (χ4v) is 4.93. The van der Waals surface area contributed by atoms with Gasteiger partial charge in [-0.15, -0.1) is 5.01 Å². The number of amides is 2. The number of ether oxygens (including phenoxy) is 1. The maximum atomic E-state index is 13.3. The number of rotatable bonds is 3. The van der Waals surface area contributed by atoms with Crippen molar-refractivity contribution in [2.24, 2.45) is 16.4 Å². The van der Waals surface area contributed by atoms with E-state index in [1.807, 2.05) is 47.4 Å². The molecule has 8 nitrogen and oxygen atoms in total. The smallest absolute Gasteiger partial charge is 0.346 e. The summed E-state index contributed by atoms with van der Waals surface area (Å²) in [4.78, 5) is 15.2. The molecule has 2 aliphatic heterocycles. The van der Waals surface area contributed by atoms with Crippen molar-refractivity contribution in [2.75, 3.05) is 11.6 Å². The average molecular weight is 422 g/mol. The number of nitrogens with zero attached hydrogens (tertiary/aromatic N) is 5. The molecule has 3 unspecified atom stereocenters. The topological polar surface area (TPSA) is 81.0 Å². The van der Waals surface area contributed by atoms with Crippen molar-refractivity contribution >= 4 is 11.7 Å². The monoisotopic (exact) mass is 421 g/mol. The highest BCUT2D eigenvalue weighted by Crippen LogP contribution is 2.38. The van der Waals surface area contributed by atoms with Crippen LogP contribution in [0.4, 0.5) is 10.5 Å². The van der Waals surface area contributed by atoms with Crippen molar-refractivity contribution in [3.8, 4) is 11.5 Å². The van der Waals surface area contributed by atoms with Gasteiger partial charge in [0.05, 0.1) is 0 Å². The van der Waals surface area contributed by atoms with Crippen molar-refractivity contribution in [1.82, 2.24) is 9.91 Å². The van der Waals surface area contributed by atoms with E-state index in [1.165, 1.54) is 24.3 Å². The quantitative estimate of drug-likeness (QED) is 0.762. The summed E-state index contributed by atoms with van der Waals surface area (Å²) in [5, 5.41) is 21.5. The van der Waals surface area contributed by atoms with Crippen LogP contribution in [0.15, 0.2) is 65.0 Å². The van der Waals surface area contributed by atoms with Gasteiger partial charge in [-0.3, -0.25) is 0 Å². The lowest BCUT2D eigenvalue weighted by Crippen LogP contribution is -2.55. The lowest BCUT2D eigenvalue weighted by molar-refractivity contribution is 0.0125. The number of aliphatic hydroxyl groups is 1. The van der Waals surface area contributed by atoms with E-state index in [0.717, 1.165) is 24.3 Å². The average Bonchev–Trinajstić information content (AvgIpc) is 3.20. The zero-order valence-corrected chi connectivity index (χ0v) is 17.4. The molecule has 0 radical (unpaired) electrons. The zero-order chi connectivity index (χ0) is 21.2. The molecular formula is C23H27N5O3. The Kier molecular flexibility index (Phi) is 5.46. The summed E-state index contributed by atoms with van der Waals surface area (Å²) < 4.78 is 5.98. The van der Waals surface area contributed by atoms with Gasteiger partial charge in [-0.25, -0.2) is 4.79 Å². The fourth-order valence-electron chi connectivity index (χ4n) is 4.93. The molecule has 2 heterocycles. The summed E-state index contributed by atoms with van der Waals surface area (Å²) in [7, 11) is 0. The fraction of sp³-hybridized carbons (Fsp3) is 0.435. The molecule has 1 aliphatic carbocycles. The molecule has 1 saturated heterocycles. The number of piperidine rings is 1. The number of fused-ring (bicyclic) bond motifs is 1. The predicted molar refractivity (Wildman–Crippen MR) is 115 cm³/mol. The zero-order valence-electron chi connectivity index (χ0n) is 17.4. The number of carbonyl (C=O) groups is 1. The van der Waals surface area contributed by atoms with Crippen LogP contribution in [0.2, 0.25) is 0 Å². The van der Waals surface area contributed by atoms with Crippen LogP contribution >= 0.6 is 0 Å². The van der Waals surface area contributed by atoms with E-state index in [0.29, 0.717) is 29.6 Å². The van der Waals surface area contributed by atoms with Crippen molar-refractivity contribution < 1.29 is 14.6 Å². The minimum atomic E-state index is -1.32. The molecule has 2 aromatic rings. The molecule has 2 amide bonds.